The summed E-state index contributed by atoms with van der Waals surface area (Å²) < 4.78 is 8.92. The van der Waals surface area contributed by atoms with Gasteiger partial charge in [0.15, 0.2) is 0 Å². The monoisotopic (exact) mass is 471 g/mol. The molecule has 0 bridgehead atoms. The highest BCUT2D eigenvalue weighted by molar-refractivity contribution is 9.10. The Labute approximate surface area is 184 Å². The number of ether oxygens (including phenoxy) is 1. The number of aromatic nitrogens is 3. The molecule has 1 N–H and O–H groups in total. The summed E-state index contributed by atoms with van der Waals surface area (Å²) in [6.07, 6.45) is 8.29. The average Bonchev–Trinajstić information content (AvgIpc) is 3.45. The smallest absolute Gasteiger partial charge is 0.303 e. The molecule has 1 saturated carbocycles. The minimum absolute atomic E-state index is 0.130. The maximum absolute atomic E-state index is 11.1. The number of carboxylic acids is 1. The number of carbonyl (C=O) groups is 1. The van der Waals surface area contributed by atoms with Crippen LogP contribution >= 0.6 is 15.9 Å². The first-order chi connectivity index (χ1) is 14.6. The molecule has 4 rings (SSSR count). The number of aryl methyl sites for hydroxylation is 1. The molecule has 3 aromatic heterocycles. The van der Waals surface area contributed by atoms with E-state index in [4.69, 9.17) is 14.9 Å². The molecule has 1 aliphatic rings. The maximum Gasteiger partial charge on any atom is 0.303 e. The summed E-state index contributed by atoms with van der Waals surface area (Å²) in [5.74, 6) is -0.104. The first-order valence-corrected chi connectivity index (χ1v) is 11.3. The van der Waals surface area contributed by atoms with Gasteiger partial charge in [-0.1, -0.05) is 6.92 Å². The topological polar surface area (TPSA) is 76.7 Å². The van der Waals surface area contributed by atoms with Crippen LogP contribution in [0.15, 0.2) is 35.1 Å². The average molecular weight is 472 g/mol. The van der Waals surface area contributed by atoms with Crippen LogP contribution in [0.3, 0.4) is 0 Å². The number of hydrogen-bond donors (Lipinski definition) is 1. The van der Waals surface area contributed by atoms with Crippen LogP contribution < -0.4 is 0 Å². The number of aliphatic carboxylic acids is 1. The van der Waals surface area contributed by atoms with Gasteiger partial charge >= 0.3 is 5.97 Å². The SMILES string of the molecule is CCc1ccc2c(-c3cncc(Br)c3)c(CCCC(=O)O)c(COCC3CC3)nn12. The normalized spacial score (nSPS) is 13.8. The molecule has 3 heterocycles. The second-order valence-corrected chi connectivity index (χ2v) is 8.79. The fourth-order valence-electron chi connectivity index (χ4n) is 3.81. The second kappa shape index (κ2) is 9.27. The molecule has 0 aromatic carbocycles. The van der Waals surface area contributed by atoms with E-state index in [0.29, 0.717) is 25.4 Å². The fraction of sp³-hybridized carbons (Fsp3) is 0.435. The highest BCUT2D eigenvalue weighted by atomic mass is 79.9. The van der Waals surface area contributed by atoms with Crippen molar-refractivity contribution >= 4 is 27.4 Å². The van der Waals surface area contributed by atoms with Crippen LogP contribution in [0.4, 0.5) is 0 Å². The molecule has 0 saturated heterocycles. The molecule has 0 spiro atoms. The van der Waals surface area contributed by atoms with E-state index in [9.17, 15) is 4.79 Å². The van der Waals surface area contributed by atoms with Gasteiger partial charge in [0, 0.05) is 46.7 Å². The quantitative estimate of drug-likeness (QED) is 0.447. The third kappa shape index (κ3) is 4.73. The van der Waals surface area contributed by atoms with Crippen molar-refractivity contribution in [2.75, 3.05) is 6.61 Å². The van der Waals surface area contributed by atoms with E-state index in [1.165, 1.54) is 12.8 Å². The largest absolute Gasteiger partial charge is 0.481 e. The summed E-state index contributed by atoms with van der Waals surface area (Å²) in [5.41, 5.74) is 6.15. The number of carboxylic acid groups (broad SMARTS) is 1. The summed E-state index contributed by atoms with van der Waals surface area (Å²) in [6, 6.07) is 6.25. The number of rotatable bonds is 10. The van der Waals surface area contributed by atoms with E-state index < -0.39 is 5.97 Å². The van der Waals surface area contributed by atoms with Crippen LogP contribution in [0.2, 0.25) is 0 Å². The lowest BCUT2D eigenvalue weighted by atomic mass is 9.95. The second-order valence-electron chi connectivity index (χ2n) is 7.87. The van der Waals surface area contributed by atoms with Gasteiger partial charge in [-0.15, -0.1) is 0 Å². The van der Waals surface area contributed by atoms with Gasteiger partial charge in [-0.3, -0.25) is 9.78 Å². The first kappa shape index (κ1) is 21.0. The van der Waals surface area contributed by atoms with Crippen LogP contribution in [-0.4, -0.2) is 32.3 Å². The zero-order valence-electron chi connectivity index (χ0n) is 17.1. The molecular weight excluding hydrogens is 446 g/mol. The van der Waals surface area contributed by atoms with Crippen molar-refractivity contribution in [3.8, 4) is 11.1 Å². The predicted octanol–water partition coefficient (Wildman–Crippen LogP) is 5.06. The standard InChI is InChI=1S/C23H26BrN3O3/c1-2-18-8-9-21-23(16-10-17(24)12-25-11-16)19(4-3-5-22(28)29)20(26-27(18)21)14-30-13-15-6-7-15/h8-12,15H,2-7,13-14H2,1H3,(H,28,29). The maximum atomic E-state index is 11.1. The minimum Gasteiger partial charge on any atom is -0.481 e. The Morgan fingerprint density at radius 3 is 2.87 bits per heavy atom. The van der Waals surface area contributed by atoms with Crippen LogP contribution in [0.5, 0.6) is 0 Å². The van der Waals surface area contributed by atoms with Crippen LogP contribution in [-0.2, 0) is 29.0 Å². The van der Waals surface area contributed by atoms with Crippen molar-refractivity contribution in [2.45, 2.75) is 52.1 Å². The summed E-state index contributed by atoms with van der Waals surface area (Å²) in [7, 11) is 0. The van der Waals surface area contributed by atoms with Gasteiger partial charge in [-0.05, 0) is 77.7 Å². The van der Waals surface area contributed by atoms with Gasteiger partial charge in [0.1, 0.15) is 0 Å². The molecule has 1 aliphatic carbocycles. The highest BCUT2D eigenvalue weighted by Gasteiger charge is 2.23. The Hall–Kier alpha value is -2.25. The van der Waals surface area contributed by atoms with Crippen LogP contribution in [0, 0.1) is 5.92 Å². The third-order valence-electron chi connectivity index (χ3n) is 5.52. The number of nitrogens with zero attached hydrogens (tertiary/aromatic N) is 3. The lowest BCUT2D eigenvalue weighted by Gasteiger charge is -2.17. The van der Waals surface area contributed by atoms with Crippen molar-refractivity contribution < 1.29 is 14.6 Å². The number of fused-ring (bicyclic) bond motifs is 1. The molecule has 6 nitrogen and oxygen atoms in total. The Balaban J connectivity index is 1.83. The Morgan fingerprint density at radius 1 is 1.33 bits per heavy atom. The van der Waals surface area contributed by atoms with Crippen molar-refractivity contribution in [3.05, 3.63) is 52.0 Å². The zero-order chi connectivity index (χ0) is 21.1. The van der Waals surface area contributed by atoms with E-state index in [1.54, 1.807) is 6.20 Å². The molecule has 0 aliphatic heterocycles. The molecule has 3 aromatic rings. The Kier molecular flexibility index (Phi) is 6.49. The van der Waals surface area contributed by atoms with E-state index in [1.807, 2.05) is 10.7 Å². The molecule has 0 unspecified atom stereocenters. The third-order valence-corrected chi connectivity index (χ3v) is 5.96. The molecular formula is C23H26BrN3O3. The van der Waals surface area contributed by atoms with Gasteiger partial charge in [0.05, 0.1) is 17.8 Å². The van der Waals surface area contributed by atoms with Gasteiger partial charge in [0.2, 0.25) is 0 Å². The number of halogens is 1. The van der Waals surface area contributed by atoms with Crippen molar-refractivity contribution in [3.63, 3.8) is 0 Å². The van der Waals surface area contributed by atoms with Crippen LogP contribution in [0.25, 0.3) is 16.6 Å². The lowest BCUT2D eigenvalue weighted by Crippen LogP contribution is -2.11. The molecule has 30 heavy (non-hydrogen) atoms. The van der Waals surface area contributed by atoms with Gasteiger partial charge in [0.25, 0.3) is 0 Å². The summed E-state index contributed by atoms with van der Waals surface area (Å²) >= 11 is 3.53. The highest BCUT2D eigenvalue weighted by Crippen LogP contribution is 2.34. The Bertz CT molecular complexity index is 1060. The van der Waals surface area contributed by atoms with E-state index in [0.717, 1.165) is 51.1 Å². The predicted molar refractivity (Wildman–Crippen MR) is 118 cm³/mol. The van der Waals surface area contributed by atoms with Crippen molar-refractivity contribution in [1.29, 1.82) is 0 Å². The van der Waals surface area contributed by atoms with Gasteiger partial charge < -0.3 is 9.84 Å². The van der Waals surface area contributed by atoms with E-state index >= 15 is 0 Å². The van der Waals surface area contributed by atoms with Crippen LogP contribution in [0.1, 0.15) is 49.6 Å². The van der Waals surface area contributed by atoms with Crippen molar-refractivity contribution in [1.82, 2.24) is 14.6 Å². The zero-order valence-corrected chi connectivity index (χ0v) is 18.7. The first-order valence-electron chi connectivity index (χ1n) is 10.5. The molecule has 1 fully saturated rings. The van der Waals surface area contributed by atoms with Gasteiger partial charge in [-0.2, -0.15) is 5.10 Å². The van der Waals surface area contributed by atoms with E-state index in [2.05, 4.69) is 46.0 Å². The molecule has 158 valence electrons. The molecule has 7 heteroatoms. The summed E-state index contributed by atoms with van der Waals surface area (Å²) in [6.45, 7) is 3.31. The van der Waals surface area contributed by atoms with Gasteiger partial charge in [-0.25, -0.2) is 4.52 Å². The molecule has 0 radical (unpaired) electrons. The fourth-order valence-corrected chi connectivity index (χ4v) is 4.17. The number of pyridine rings is 1. The molecule has 0 amide bonds. The number of hydrogen-bond acceptors (Lipinski definition) is 4. The summed E-state index contributed by atoms with van der Waals surface area (Å²) in [4.78, 5) is 15.5. The lowest BCUT2D eigenvalue weighted by molar-refractivity contribution is -0.137. The summed E-state index contributed by atoms with van der Waals surface area (Å²) in [5, 5.41) is 14.1. The van der Waals surface area contributed by atoms with Crippen molar-refractivity contribution in [2.24, 2.45) is 5.92 Å². The Morgan fingerprint density at radius 2 is 2.17 bits per heavy atom. The minimum atomic E-state index is -0.780. The molecule has 0 atom stereocenters. The van der Waals surface area contributed by atoms with E-state index in [-0.39, 0.29) is 6.42 Å².